The zero-order valence-corrected chi connectivity index (χ0v) is 11.6. The molecule has 1 rings (SSSR count). The van der Waals surface area contributed by atoms with Gasteiger partial charge < -0.3 is 4.90 Å². The van der Waals surface area contributed by atoms with E-state index in [0.717, 1.165) is 13.1 Å². The molecule has 6 nitrogen and oxygen atoms in total. The van der Waals surface area contributed by atoms with Crippen LogP contribution in [0.2, 0.25) is 0 Å². The quantitative estimate of drug-likeness (QED) is 0.453. The number of nitrogen functional groups attached to an aromatic ring is 1. The van der Waals surface area contributed by atoms with Crippen LogP contribution in [0.15, 0.2) is 5.16 Å². The molecule has 0 atom stereocenters. The molecule has 96 valence electrons. The smallest absolute Gasteiger partial charge is 0.242 e. The molecule has 0 aliphatic heterocycles. The fourth-order valence-electron chi connectivity index (χ4n) is 1.32. The Hall–Kier alpha value is -1.08. The molecule has 0 aliphatic carbocycles. The number of nitrogens with two attached hydrogens (primary N) is 1. The summed E-state index contributed by atoms with van der Waals surface area (Å²) in [6.07, 6.45) is 0. The van der Waals surface area contributed by atoms with E-state index in [-0.39, 0.29) is 0 Å². The fraction of sp³-hybridized carbons (Fsp3) is 0.700. The van der Waals surface area contributed by atoms with E-state index >= 15 is 0 Å². The van der Waals surface area contributed by atoms with E-state index in [4.69, 9.17) is 5.84 Å². The van der Waals surface area contributed by atoms with Crippen LogP contribution in [0.3, 0.4) is 0 Å². The second-order valence-corrected chi connectivity index (χ2v) is 5.27. The highest BCUT2D eigenvalue weighted by atomic mass is 32.2. The molecule has 0 unspecified atom stereocenters. The molecule has 0 aliphatic rings. The van der Waals surface area contributed by atoms with Crippen LogP contribution in [0.5, 0.6) is 0 Å². The molecular formula is C10H20N6S. The highest BCUT2D eigenvalue weighted by molar-refractivity contribution is 7.99. The average molecular weight is 256 g/mol. The maximum Gasteiger partial charge on any atom is 0.242 e. The maximum absolute atomic E-state index is 5.37. The van der Waals surface area contributed by atoms with E-state index in [1.807, 2.05) is 0 Å². The Morgan fingerprint density at radius 2 is 1.88 bits per heavy atom. The lowest BCUT2D eigenvalue weighted by Gasteiger charge is -2.19. The van der Waals surface area contributed by atoms with E-state index in [0.29, 0.717) is 22.3 Å². The Labute approximate surface area is 106 Å². The molecule has 0 saturated heterocycles. The minimum atomic E-state index is 0.407. The van der Waals surface area contributed by atoms with Crippen molar-refractivity contribution in [3.05, 3.63) is 0 Å². The largest absolute Gasteiger partial charge is 0.341 e. The van der Waals surface area contributed by atoms with E-state index < -0.39 is 0 Å². The minimum Gasteiger partial charge on any atom is -0.341 e. The Bertz CT molecular complexity index is 353. The van der Waals surface area contributed by atoms with Gasteiger partial charge in [0, 0.05) is 18.3 Å². The number of nitrogens with zero attached hydrogens (tertiary/aromatic N) is 4. The van der Waals surface area contributed by atoms with Gasteiger partial charge in [-0.1, -0.05) is 25.6 Å². The minimum absolute atomic E-state index is 0.407. The molecule has 7 heteroatoms. The molecule has 0 radical (unpaired) electrons. The van der Waals surface area contributed by atoms with Gasteiger partial charge in [0.2, 0.25) is 11.9 Å². The van der Waals surface area contributed by atoms with Crippen molar-refractivity contribution in [3.63, 3.8) is 0 Å². The maximum atomic E-state index is 5.37. The predicted molar refractivity (Wildman–Crippen MR) is 72.2 cm³/mol. The van der Waals surface area contributed by atoms with Crippen molar-refractivity contribution in [1.82, 2.24) is 15.0 Å². The monoisotopic (exact) mass is 256 g/mol. The molecule has 0 aromatic carbocycles. The van der Waals surface area contributed by atoms with E-state index in [1.54, 1.807) is 11.8 Å². The van der Waals surface area contributed by atoms with Gasteiger partial charge in [0.25, 0.3) is 0 Å². The molecule has 0 saturated carbocycles. The molecular weight excluding hydrogens is 236 g/mol. The first-order valence-electron chi connectivity index (χ1n) is 5.75. The Morgan fingerprint density at radius 3 is 2.35 bits per heavy atom. The predicted octanol–water partition coefficient (Wildman–Crippen LogP) is 1.50. The van der Waals surface area contributed by atoms with Crippen LogP contribution >= 0.6 is 11.8 Å². The lowest BCUT2D eigenvalue weighted by Crippen LogP contribution is -2.25. The van der Waals surface area contributed by atoms with E-state index in [1.165, 1.54) is 0 Å². The van der Waals surface area contributed by atoms with Crippen LogP contribution < -0.4 is 16.2 Å². The van der Waals surface area contributed by atoms with Crippen LogP contribution in [0, 0.1) is 0 Å². The molecule has 17 heavy (non-hydrogen) atoms. The van der Waals surface area contributed by atoms with Gasteiger partial charge >= 0.3 is 0 Å². The average Bonchev–Trinajstić information content (AvgIpc) is 2.29. The standard InChI is InChI=1S/C10H20N6S/c1-5-16(6-2)9-12-8(15-11)13-10(14-9)17-7(3)4/h7H,5-6,11H2,1-4H3,(H,12,13,14,15). The first kappa shape index (κ1) is 14.0. The SMILES string of the molecule is CCN(CC)c1nc(NN)nc(SC(C)C)n1. The Morgan fingerprint density at radius 1 is 1.24 bits per heavy atom. The van der Waals surface area contributed by atoms with Crippen LogP contribution in [0.25, 0.3) is 0 Å². The first-order valence-corrected chi connectivity index (χ1v) is 6.62. The number of hydrogen-bond donors (Lipinski definition) is 2. The number of thioether (sulfide) groups is 1. The van der Waals surface area contributed by atoms with Gasteiger partial charge in [0.05, 0.1) is 0 Å². The second-order valence-electron chi connectivity index (χ2n) is 3.72. The van der Waals surface area contributed by atoms with Crippen molar-refractivity contribution in [2.75, 3.05) is 23.4 Å². The zero-order chi connectivity index (χ0) is 12.8. The summed E-state index contributed by atoms with van der Waals surface area (Å²) < 4.78 is 0. The van der Waals surface area contributed by atoms with Crippen molar-refractivity contribution in [3.8, 4) is 0 Å². The lowest BCUT2D eigenvalue weighted by atomic mass is 10.5. The van der Waals surface area contributed by atoms with Crippen LogP contribution in [0.4, 0.5) is 11.9 Å². The van der Waals surface area contributed by atoms with Gasteiger partial charge in [-0.05, 0) is 13.8 Å². The number of hydrogen-bond acceptors (Lipinski definition) is 7. The third-order valence-corrected chi connectivity index (χ3v) is 2.98. The summed E-state index contributed by atoms with van der Waals surface area (Å²) in [5, 5.41) is 1.12. The van der Waals surface area contributed by atoms with Crippen molar-refractivity contribution >= 4 is 23.7 Å². The van der Waals surface area contributed by atoms with Crippen molar-refractivity contribution in [1.29, 1.82) is 0 Å². The number of rotatable bonds is 6. The van der Waals surface area contributed by atoms with Crippen LogP contribution in [-0.2, 0) is 0 Å². The molecule has 0 fully saturated rings. The summed E-state index contributed by atoms with van der Waals surface area (Å²) >= 11 is 1.60. The summed E-state index contributed by atoms with van der Waals surface area (Å²) in [6.45, 7) is 10.0. The Kier molecular flexibility index (Phi) is 5.43. The molecule has 0 bridgehead atoms. The summed E-state index contributed by atoms with van der Waals surface area (Å²) in [5.41, 5.74) is 2.48. The second kappa shape index (κ2) is 6.61. The van der Waals surface area contributed by atoms with Crippen molar-refractivity contribution < 1.29 is 0 Å². The summed E-state index contributed by atoms with van der Waals surface area (Å²) in [6, 6.07) is 0. The Balaban J connectivity index is 3.03. The van der Waals surface area contributed by atoms with Gasteiger partial charge in [-0.2, -0.15) is 15.0 Å². The highest BCUT2D eigenvalue weighted by Crippen LogP contribution is 2.21. The third-order valence-electron chi connectivity index (χ3n) is 2.12. The number of anilines is 2. The third kappa shape index (κ3) is 4.01. The fourth-order valence-corrected chi connectivity index (χ4v) is 2.02. The number of nitrogens with one attached hydrogen (secondary N) is 1. The van der Waals surface area contributed by atoms with Crippen molar-refractivity contribution in [2.24, 2.45) is 5.84 Å². The van der Waals surface area contributed by atoms with Gasteiger partial charge in [-0.3, -0.25) is 5.43 Å². The number of aromatic nitrogens is 3. The van der Waals surface area contributed by atoms with E-state index in [9.17, 15) is 0 Å². The summed E-state index contributed by atoms with van der Waals surface area (Å²) in [5.74, 6) is 6.45. The molecule has 1 heterocycles. The molecule has 0 amide bonds. The molecule has 1 aromatic heterocycles. The van der Waals surface area contributed by atoms with Gasteiger partial charge in [0.15, 0.2) is 5.16 Å². The van der Waals surface area contributed by atoms with E-state index in [2.05, 4.69) is 53.0 Å². The van der Waals surface area contributed by atoms with Crippen LogP contribution in [0.1, 0.15) is 27.7 Å². The lowest BCUT2D eigenvalue weighted by molar-refractivity contribution is 0.782. The molecule has 0 spiro atoms. The van der Waals surface area contributed by atoms with Crippen molar-refractivity contribution in [2.45, 2.75) is 38.1 Å². The zero-order valence-electron chi connectivity index (χ0n) is 10.8. The summed E-state index contributed by atoms with van der Waals surface area (Å²) in [7, 11) is 0. The number of hydrazine groups is 1. The van der Waals surface area contributed by atoms with Gasteiger partial charge in [-0.25, -0.2) is 5.84 Å². The molecule has 3 N–H and O–H groups in total. The normalized spacial score (nSPS) is 10.7. The first-order chi connectivity index (χ1) is 8.10. The topological polar surface area (TPSA) is 80.0 Å². The molecule has 1 aromatic rings. The summed E-state index contributed by atoms with van der Waals surface area (Å²) in [4.78, 5) is 15.0. The van der Waals surface area contributed by atoms with Gasteiger partial charge in [0.1, 0.15) is 0 Å². The highest BCUT2D eigenvalue weighted by Gasteiger charge is 2.11. The van der Waals surface area contributed by atoms with Gasteiger partial charge in [-0.15, -0.1) is 0 Å². The van der Waals surface area contributed by atoms with Crippen LogP contribution in [-0.4, -0.2) is 33.3 Å².